The summed E-state index contributed by atoms with van der Waals surface area (Å²) in [6, 6.07) is 8.02. The zero-order valence-corrected chi connectivity index (χ0v) is 11.7. The Morgan fingerprint density at radius 2 is 1.89 bits per heavy atom. The van der Waals surface area contributed by atoms with E-state index in [0.717, 1.165) is 11.0 Å². The van der Waals surface area contributed by atoms with Crippen molar-refractivity contribution in [2.45, 2.75) is 33.7 Å². The van der Waals surface area contributed by atoms with Gasteiger partial charge in [-0.1, -0.05) is 27.7 Å². The number of anilines is 1. The minimum Gasteiger partial charge on any atom is -0.369 e. The van der Waals surface area contributed by atoms with Crippen LogP contribution in [0.2, 0.25) is 0 Å². The van der Waals surface area contributed by atoms with Crippen molar-refractivity contribution in [3.05, 3.63) is 23.8 Å². The lowest BCUT2D eigenvalue weighted by molar-refractivity contribution is 0.457. The fourth-order valence-electron chi connectivity index (χ4n) is 3.26. The van der Waals surface area contributed by atoms with Crippen molar-refractivity contribution in [2.75, 3.05) is 5.73 Å². The first-order valence-electron chi connectivity index (χ1n) is 6.48. The quantitative estimate of drug-likeness (QED) is 0.850. The van der Waals surface area contributed by atoms with E-state index in [4.69, 9.17) is 11.0 Å². The van der Waals surface area contributed by atoms with Crippen molar-refractivity contribution in [3.63, 3.8) is 0 Å². The highest BCUT2D eigenvalue weighted by Gasteiger charge is 2.66. The maximum atomic E-state index is 9.04. The lowest BCUT2D eigenvalue weighted by atomic mass is 10.0. The van der Waals surface area contributed by atoms with Crippen LogP contribution < -0.4 is 5.73 Å². The molecule has 1 heterocycles. The Morgan fingerprint density at radius 1 is 1.26 bits per heavy atom. The number of nitriles is 1. The summed E-state index contributed by atoms with van der Waals surface area (Å²) in [5, 5.41) is 9.04. The van der Waals surface area contributed by atoms with E-state index >= 15 is 0 Å². The summed E-state index contributed by atoms with van der Waals surface area (Å²) < 4.78 is 2.09. The summed E-state index contributed by atoms with van der Waals surface area (Å²) in [6.07, 6.45) is 0. The Labute approximate surface area is 112 Å². The maximum absolute atomic E-state index is 9.04. The summed E-state index contributed by atoms with van der Waals surface area (Å²) in [6.45, 7) is 8.99. The Morgan fingerprint density at radius 3 is 2.42 bits per heavy atom. The van der Waals surface area contributed by atoms with Gasteiger partial charge in [-0.25, -0.2) is 4.98 Å². The number of imidazole rings is 1. The van der Waals surface area contributed by atoms with E-state index in [1.807, 2.05) is 12.1 Å². The van der Waals surface area contributed by atoms with E-state index in [0.29, 0.717) is 17.6 Å². The smallest absolute Gasteiger partial charge is 0.201 e. The second kappa shape index (κ2) is 3.30. The SMILES string of the molecule is CC1(C)C(n2c(N)nc3ccc(C#N)cc32)C1(C)C. The molecule has 0 saturated heterocycles. The van der Waals surface area contributed by atoms with Gasteiger partial charge in [0.25, 0.3) is 0 Å². The van der Waals surface area contributed by atoms with Crippen molar-refractivity contribution in [1.29, 1.82) is 5.26 Å². The fourth-order valence-corrected chi connectivity index (χ4v) is 3.26. The molecule has 0 radical (unpaired) electrons. The summed E-state index contributed by atoms with van der Waals surface area (Å²) in [5.41, 5.74) is 8.91. The topological polar surface area (TPSA) is 67.6 Å². The van der Waals surface area contributed by atoms with Crippen LogP contribution in [0, 0.1) is 22.2 Å². The number of hydrogen-bond acceptors (Lipinski definition) is 3. The van der Waals surface area contributed by atoms with Gasteiger partial charge >= 0.3 is 0 Å². The summed E-state index contributed by atoms with van der Waals surface area (Å²) >= 11 is 0. The average molecular weight is 254 g/mol. The monoisotopic (exact) mass is 254 g/mol. The molecule has 1 aromatic carbocycles. The van der Waals surface area contributed by atoms with Crippen molar-refractivity contribution < 1.29 is 0 Å². The molecule has 1 fully saturated rings. The largest absolute Gasteiger partial charge is 0.369 e. The van der Waals surface area contributed by atoms with Gasteiger partial charge in [-0.15, -0.1) is 0 Å². The molecule has 1 saturated carbocycles. The summed E-state index contributed by atoms with van der Waals surface area (Å²) in [5.74, 6) is 0.536. The number of nitrogens with two attached hydrogens (primary N) is 1. The predicted molar refractivity (Wildman–Crippen MR) is 75.5 cm³/mol. The first kappa shape index (κ1) is 12.0. The highest BCUT2D eigenvalue weighted by Crippen LogP contribution is 2.72. The zero-order chi connectivity index (χ0) is 14.0. The Bertz CT molecular complexity index is 702. The molecule has 0 bridgehead atoms. The van der Waals surface area contributed by atoms with Gasteiger partial charge < -0.3 is 10.3 Å². The van der Waals surface area contributed by atoms with Crippen LogP contribution in [0.15, 0.2) is 18.2 Å². The molecule has 2 N–H and O–H groups in total. The summed E-state index contributed by atoms with van der Waals surface area (Å²) in [7, 11) is 0. The van der Waals surface area contributed by atoms with Gasteiger partial charge in [-0.05, 0) is 29.0 Å². The van der Waals surface area contributed by atoms with Crippen LogP contribution in [-0.2, 0) is 0 Å². The second-order valence-electron chi connectivity index (χ2n) is 6.50. The maximum Gasteiger partial charge on any atom is 0.201 e. The molecule has 0 amide bonds. The second-order valence-corrected chi connectivity index (χ2v) is 6.50. The molecule has 2 aromatic rings. The van der Waals surface area contributed by atoms with E-state index in [-0.39, 0.29) is 10.8 Å². The number of hydrogen-bond donors (Lipinski definition) is 1. The van der Waals surface area contributed by atoms with Gasteiger partial charge in [-0.2, -0.15) is 5.26 Å². The zero-order valence-electron chi connectivity index (χ0n) is 11.7. The Kier molecular flexibility index (Phi) is 2.09. The first-order valence-corrected chi connectivity index (χ1v) is 6.48. The lowest BCUT2D eigenvalue weighted by Crippen LogP contribution is -2.05. The van der Waals surface area contributed by atoms with Crippen LogP contribution in [0.4, 0.5) is 5.95 Å². The van der Waals surface area contributed by atoms with Crippen molar-refractivity contribution >= 4 is 17.0 Å². The van der Waals surface area contributed by atoms with E-state index in [1.165, 1.54) is 0 Å². The third kappa shape index (κ3) is 1.36. The number of rotatable bonds is 1. The van der Waals surface area contributed by atoms with Crippen molar-refractivity contribution in [2.24, 2.45) is 10.8 Å². The standard InChI is InChI=1S/C15H18N4/c1-14(2)12(15(14,3)4)19-11-7-9(8-16)5-6-10(11)18-13(19)17/h5-7,12H,1-4H3,(H2,17,18). The predicted octanol–water partition coefficient (Wildman–Crippen LogP) is 3.10. The van der Waals surface area contributed by atoms with E-state index in [2.05, 4.69) is 43.3 Å². The molecule has 19 heavy (non-hydrogen) atoms. The molecule has 4 heteroatoms. The molecule has 0 spiro atoms. The summed E-state index contributed by atoms with van der Waals surface area (Å²) in [4.78, 5) is 4.41. The lowest BCUT2D eigenvalue weighted by Gasteiger charge is -2.08. The van der Waals surface area contributed by atoms with E-state index in [1.54, 1.807) is 6.07 Å². The average Bonchev–Trinajstić information content (AvgIpc) is 2.63. The molecule has 0 aliphatic heterocycles. The van der Waals surface area contributed by atoms with Gasteiger partial charge in [0.1, 0.15) is 0 Å². The molecule has 98 valence electrons. The molecule has 0 atom stereocenters. The Hall–Kier alpha value is -2.02. The normalized spacial score (nSPS) is 20.4. The minimum absolute atomic E-state index is 0.178. The Balaban J connectivity index is 2.25. The molecule has 4 nitrogen and oxygen atoms in total. The molecular formula is C15H18N4. The highest BCUT2D eigenvalue weighted by atomic mass is 15.2. The molecule has 1 aliphatic carbocycles. The van der Waals surface area contributed by atoms with Gasteiger partial charge in [0.05, 0.1) is 22.7 Å². The molecule has 1 aliphatic rings. The number of aromatic nitrogens is 2. The van der Waals surface area contributed by atoms with Crippen LogP contribution in [0.1, 0.15) is 39.3 Å². The number of fused-ring (bicyclic) bond motifs is 1. The van der Waals surface area contributed by atoms with Crippen molar-refractivity contribution in [3.8, 4) is 6.07 Å². The number of nitrogens with zero attached hydrogens (tertiary/aromatic N) is 3. The van der Waals surface area contributed by atoms with Crippen LogP contribution in [-0.4, -0.2) is 9.55 Å². The van der Waals surface area contributed by atoms with Gasteiger partial charge in [0.2, 0.25) is 5.95 Å². The first-order chi connectivity index (χ1) is 8.80. The molecule has 1 aromatic heterocycles. The molecule has 3 rings (SSSR count). The number of benzene rings is 1. The van der Waals surface area contributed by atoms with Crippen LogP contribution in [0.5, 0.6) is 0 Å². The van der Waals surface area contributed by atoms with Crippen LogP contribution in [0.25, 0.3) is 11.0 Å². The van der Waals surface area contributed by atoms with Crippen molar-refractivity contribution in [1.82, 2.24) is 9.55 Å². The van der Waals surface area contributed by atoms with Crippen LogP contribution >= 0.6 is 0 Å². The van der Waals surface area contributed by atoms with Gasteiger partial charge in [-0.3, -0.25) is 0 Å². The minimum atomic E-state index is 0.178. The van der Waals surface area contributed by atoms with Gasteiger partial charge in [0.15, 0.2) is 0 Å². The van der Waals surface area contributed by atoms with E-state index < -0.39 is 0 Å². The molecular weight excluding hydrogens is 236 g/mol. The third-order valence-corrected chi connectivity index (χ3v) is 5.05. The number of nitrogen functional groups attached to an aromatic ring is 1. The highest BCUT2D eigenvalue weighted by molar-refractivity contribution is 5.80. The van der Waals surface area contributed by atoms with E-state index in [9.17, 15) is 0 Å². The van der Waals surface area contributed by atoms with Gasteiger partial charge in [0, 0.05) is 6.04 Å². The van der Waals surface area contributed by atoms with Crippen LogP contribution in [0.3, 0.4) is 0 Å². The molecule has 0 unspecified atom stereocenters. The third-order valence-electron chi connectivity index (χ3n) is 5.05. The fraction of sp³-hybridized carbons (Fsp3) is 0.467.